The van der Waals surface area contributed by atoms with E-state index in [0.717, 1.165) is 5.39 Å². The monoisotopic (exact) mass is 275 g/mol. The van der Waals surface area contributed by atoms with Crippen molar-refractivity contribution in [1.29, 1.82) is 5.26 Å². The van der Waals surface area contributed by atoms with E-state index < -0.39 is 0 Å². The van der Waals surface area contributed by atoms with Crippen molar-refractivity contribution in [3.05, 3.63) is 75.4 Å². The lowest BCUT2D eigenvalue weighted by molar-refractivity contribution is 1.03. The molecule has 3 aromatic rings. The highest BCUT2D eigenvalue weighted by Gasteiger charge is 2.10. The fourth-order valence-electron chi connectivity index (χ4n) is 2.26. The third kappa shape index (κ3) is 2.09. The Kier molecular flexibility index (Phi) is 3.05. The molecule has 0 aliphatic carbocycles. The average Bonchev–Trinajstić information content (AvgIpc) is 2.54. The average molecular weight is 275 g/mol. The van der Waals surface area contributed by atoms with Crippen LogP contribution in [0.2, 0.25) is 0 Å². The van der Waals surface area contributed by atoms with E-state index in [1.54, 1.807) is 18.2 Å². The number of nitroso groups, excluding NO2 is 1. The summed E-state index contributed by atoms with van der Waals surface area (Å²) in [4.78, 5) is 22.9. The predicted molar refractivity (Wildman–Crippen MR) is 79.7 cm³/mol. The lowest BCUT2D eigenvalue weighted by Gasteiger charge is -2.10. The summed E-state index contributed by atoms with van der Waals surface area (Å²) < 4.78 is 1.46. The maximum atomic E-state index is 12.4. The summed E-state index contributed by atoms with van der Waals surface area (Å²) in [6.45, 7) is 0. The molecule has 0 aliphatic rings. The number of pyridine rings is 1. The first-order chi connectivity index (χ1) is 10.2. The number of hydrogen-bond acceptors (Lipinski definition) is 4. The Labute approximate surface area is 119 Å². The van der Waals surface area contributed by atoms with Crippen molar-refractivity contribution in [2.75, 3.05) is 0 Å². The van der Waals surface area contributed by atoms with Crippen molar-refractivity contribution < 1.29 is 0 Å². The second kappa shape index (κ2) is 5.02. The van der Waals surface area contributed by atoms with Gasteiger partial charge in [-0.25, -0.2) is 0 Å². The molecule has 0 atom stereocenters. The number of rotatable bonds is 2. The van der Waals surface area contributed by atoms with Gasteiger partial charge in [-0.05, 0) is 41.6 Å². The fourth-order valence-corrected chi connectivity index (χ4v) is 2.26. The van der Waals surface area contributed by atoms with E-state index in [2.05, 4.69) is 5.18 Å². The van der Waals surface area contributed by atoms with E-state index in [4.69, 9.17) is 5.26 Å². The van der Waals surface area contributed by atoms with Crippen molar-refractivity contribution in [2.24, 2.45) is 5.18 Å². The number of nitrogens with zero attached hydrogens (tertiary/aromatic N) is 3. The molecule has 1 heterocycles. The van der Waals surface area contributed by atoms with Gasteiger partial charge in [0.2, 0.25) is 0 Å². The van der Waals surface area contributed by atoms with Gasteiger partial charge in [0, 0.05) is 11.1 Å². The third-order valence-electron chi connectivity index (χ3n) is 3.24. The van der Waals surface area contributed by atoms with Crippen LogP contribution >= 0.6 is 0 Å². The Bertz CT molecular complexity index is 934. The van der Waals surface area contributed by atoms with Gasteiger partial charge in [-0.1, -0.05) is 18.2 Å². The highest BCUT2D eigenvalue weighted by Crippen LogP contribution is 2.20. The first-order valence-electron chi connectivity index (χ1n) is 6.23. The van der Waals surface area contributed by atoms with Crippen LogP contribution in [0.15, 0.2) is 64.6 Å². The maximum Gasteiger partial charge on any atom is 0.273 e. The van der Waals surface area contributed by atoms with E-state index in [0.29, 0.717) is 11.2 Å². The number of hydrogen-bond donors (Lipinski definition) is 0. The Morgan fingerprint density at radius 3 is 2.43 bits per heavy atom. The Morgan fingerprint density at radius 1 is 1.05 bits per heavy atom. The summed E-state index contributed by atoms with van der Waals surface area (Å²) in [5.74, 6) is 0. The van der Waals surface area contributed by atoms with E-state index in [-0.39, 0.29) is 16.8 Å². The van der Waals surface area contributed by atoms with Gasteiger partial charge < -0.3 is 0 Å². The minimum atomic E-state index is -0.386. The van der Waals surface area contributed by atoms with E-state index in [1.807, 2.05) is 30.3 Å². The van der Waals surface area contributed by atoms with Crippen molar-refractivity contribution >= 4 is 16.6 Å². The van der Waals surface area contributed by atoms with Crippen molar-refractivity contribution in [3.63, 3.8) is 0 Å². The minimum Gasteiger partial charge on any atom is -0.276 e. The second-order valence-corrected chi connectivity index (χ2v) is 4.48. The summed E-state index contributed by atoms with van der Waals surface area (Å²) in [5.41, 5.74) is 1.26. The summed E-state index contributed by atoms with van der Waals surface area (Å²) in [6.07, 6.45) is 0. The van der Waals surface area contributed by atoms with E-state index in [9.17, 15) is 9.70 Å². The molecule has 0 amide bonds. The highest BCUT2D eigenvalue weighted by atomic mass is 16.3. The highest BCUT2D eigenvalue weighted by molar-refractivity contribution is 5.82. The van der Waals surface area contributed by atoms with Gasteiger partial charge in [-0.3, -0.25) is 9.36 Å². The molecule has 0 fully saturated rings. The van der Waals surface area contributed by atoms with Crippen LogP contribution in [0.4, 0.5) is 5.69 Å². The van der Waals surface area contributed by atoms with Crippen LogP contribution in [0.3, 0.4) is 0 Å². The number of nitriles is 1. The minimum absolute atomic E-state index is 0.0753. The summed E-state index contributed by atoms with van der Waals surface area (Å²) in [6, 6.07) is 17.1. The SMILES string of the molecule is N#Cc1cc2ccccc2n(-c2ccc(N=O)cc2)c1=O. The molecule has 2 aromatic carbocycles. The van der Waals surface area contributed by atoms with Crippen LogP contribution in [-0.2, 0) is 0 Å². The summed E-state index contributed by atoms with van der Waals surface area (Å²) in [7, 11) is 0. The molecule has 3 rings (SSSR count). The molecule has 0 saturated heterocycles. The van der Waals surface area contributed by atoms with Crippen LogP contribution in [0.1, 0.15) is 5.56 Å². The van der Waals surface area contributed by atoms with Crippen molar-refractivity contribution in [2.45, 2.75) is 0 Å². The van der Waals surface area contributed by atoms with Gasteiger partial charge in [-0.15, -0.1) is 4.91 Å². The van der Waals surface area contributed by atoms with Gasteiger partial charge in [0.05, 0.1) is 5.52 Å². The molecule has 0 radical (unpaired) electrons. The standard InChI is InChI=1S/C16H9N3O2/c17-10-12-9-11-3-1-2-4-15(11)19(16(12)20)14-7-5-13(18-21)6-8-14/h1-9H. The second-order valence-electron chi connectivity index (χ2n) is 4.48. The summed E-state index contributed by atoms with van der Waals surface area (Å²) >= 11 is 0. The number of benzene rings is 2. The molecular formula is C16H9N3O2. The van der Waals surface area contributed by atoms with Crippen LogP contribution < -0.4 is 5.56 Å². The Morgan fingerprint density at radius 2 is 1.76 bits per heavy atom. The normalized spacial score (nSPS) is 10.2. The zero-order chi connectivity index (χ0) is 14.8. The molecule has 0 aliphatic heterocycles. The van der Waals surface area contributed by atoms with Gasteiger partial charge in [0.15, 0.2) is 0 Å². The molecule has 0 spiro atoms. The lowest BCUT2D eigenvalue weighted by atomic mass is 10.1. The molecule has 0 N–H and O–H groups in total. The molecule has 0 bridgehead atoms. The molecule has 5 heteroatoms. The van der Waals surface area contributed by atoms with Crippen LogP contribution in [-0.4, -0.2) is 4.57 Å². The zero-order valence-corrected chi connectivity index (χ0v) is 10.9. The first-order valence-corrected chi connectivity index (χ1v) is 6.23. The van der Waals surface area contributed by atoms with E-state index >= 15 is 0 Å². The zero-order valence-electron chi connectivity index (χ0n) is 10.9. The van der Waals surface area contributed by atoms with Crippen LogP contribution in [0, 0.1) is 16.2 Å². The molecule has 0 saturated carbocycles. The Hall–Kier alpha value is -3.26. The van der Waals surface area contributed by atoms with Crippen LogP contribution in [0.25, 0.3) is 16.6 Å². The Balaban J connectivity index is 2.39. The molecule has 5 nitrogen and oxygen atoms in total. The smallest absolute Gasteiger partial charge is 0.273 e. The topological polar surface area (TPSA) is 75.2 Å². The molecule has 21 heavy (non-hydrogen) atoms. The van der Waals surface area contributed by atoms with E-state index in [1.165, 1.54) is 16.7 Å². The molecule has 100 valence electrons. The molecular weight excluding hydrogens is 266 g/mol. The van der Waals surface area contributed by atoms with Crippen molar-refractivity contribution in [1.82, 2.24) is 4.57 Å². The van der Waals surface area contributed by atoms with Gasteiger partial charge in [0.25, 0.3) is 5.56 Å². The number of para-hydroxylation sites is 1. The quantitative estimate of drug-likeness (QED) is 0.673. The largest absolute Gasteiger partial charge is 0.276 e. The first kappa shape index (κ1) is 12.8. The van der Waals surface area contributed by atoms with Gasteiger partial charge in [0.1, 0.15) is 17.3 Å². The van der Waals surface area contributed by atoms with Gasteiger partial charge in [-0.2, -0.15) is 5.26 Å². The van der Waals surface area contributed by atoms with Gasteiger partial charge >= 0.3 is 0 Å². The predicted octanol–water partition coefficient (Wildman–Crippen LogP) is 3.26. The molecule has 1 aromatic heterocycles. The summed E-state index contributed by atoms with van der Waals surface area (Å²) in [5, 5.41) is 12.7. The van der Waals surface area contributed by atoms with Crippen LogP contribution in [0.5, 0.6) is 0 Å². The third-order valence-corrected chi connectivity index (χ3v) is 3.24. The molecule has 0 unspecified atom stereocenters. The number of fused-ring (bicyclic) bond motifs is 1. The van der Waals surface area contributed by atoms with Crippen molar-refractivity contribution in [3.8, 4) is 11.8 Å². The maximum absolute atomic E-state index is 12.4. The number of aromatic nitrogens is 1. The fraction of sp³-hybridized carbons (Fsp3) is 0. The lowest BCUT2D eigenvalue weighted by Crippen LogP contribution is -2.21.